The van der Waals surface area contributed by atoms with E-state index in [1.165, 1.54) is 11.8 Å². The minimum absolute atomic E-state index is 0.0536. The lowest BCUT2D eigenvalue weighted by molar-refractivity contribution is 0.0936. The monoisotopic (exact) mass is 419 g/mol. The van der Waals surface area contributed by atoms with Gasteiger partial charge in [-0.2, -0.15) is 5.26 Å². The molecule has 1 amide bonds. The Bertz CT molecular complexity index is 1070. The van der Waals surface area contributed by atoms with E-state index in [9.17, 15) is 9.59 Å². The van der Waals surface area contributed by atoms with Crippen LogP contribution in [0.5, 0.6) is 0 Å². The van der Waals surface area contributed by atoms with Crippen molar-refractivity contribution in [1.82, 2.24) is 20.1 Å². The number of thioether (sulfide) groups is 1. The minimum Gasteiger partial charge on any atom is -0.342 e. The lowest BCUT2D eigenvalue weighted by Crippen LogP contribution is -2.28. The number of ketones is 1. The summed E-state index contributed by atoms with van der Waals surface area (Å²) in [6.45, 7) is 4.43. The molecule has 0 saturated carbocycles. The summed E-state index contributed by atoms with van der Waals surface area (Å²) in [4.78, 5) is 24.9. The molecule has 0 aliphatic carbocycles. The van der Waals surface area contributed by atoms with Gasteiger partial charge in [0.05, 0.1) is 23.4 Å². The van der Waals surface area contributed by atoms with Gasteiger partial charge in [-0.25, -0.2) is 0 Å². The maximum absolute atomic E-state index is 12.4. The molecule has 0 bridgehead atoms. The van der Waals surface area contributed by atoms with E-state index in [2.05, 4.69) is 15.5 Å². The van der Waals surface area contributed by atoms with Crippen molar-refractivity contribution in [2.24, 2.45) is 0 Å². The number of rotatable bonds is 8. The maximum Gasteiger partial charge on any atom is 0.251 e. The summed E-state index contributed by atoms with van der Waals surface area (Å²) in [7, 11) is 0. The van der Waals surface area contributed by atoms with Crippen LogP contribution in [0, 0.1) is 11.3 Å². The SMILES string of the molecule is CCn1c(SCC(=O)c2ccc(C#N)cc2)nnc1[C@H](C)NC(=O)c1ccccc1. The van der Waals surface area contributed by atoms with Crippen LogP contribution in [0.4, 0.5) is 0 Å². The second kappa shape index (κ2) is 9.85. The van der Waals surface area contributed by atoms with Crippen molar-refractivity contribution in [3.63, 3.8) is 0 Å². The van der Waals surface area contributed by atoms with E-state index in [0.717, 1.165) is 0 Å². The Balaban J connectivity index is 1.66. The molecular formula is C22H21N5O2S. The van der Waals surface area contributed by atoms with Crippen molar-refractivity contribution < 1.29 is 9.59 Å². The number of Topliss-reactive ketones (excluding diaryl/α,β-unsaturated/α-hetero) is 1. The Morgan fingerprint density at radius 2 is 1.80 bits per heavy atom. The Morgan fingerprint density at radius 3 is 2.43 bits per heavy atom. The van der Waals surface area contributed by atoms with Crippen LogP contribution in [0.3, 0.4) is 0 Å². The first-order valence-corrected chi connectivity index (χ1v) is 10.5. The Labute approximate surface area is 179 Å². The number of benzene rings is 2. The average molecular weight is 420 g/mol. The smallest absolute Gasteiger partial charge is 0.251 e. The fourth-order valence-electron chi connectivity index (χ4n) is 2.90. The highest BCUT2D eigenvalue weighted by Crippen LogP contribution is 2.22. The Hall–Kier alpha value is -3.44. The van der Waals surface area contributed by atoms with E-state index in [1.807, 2.05) is 42.7 Å². The molecule has 0 aliphatic heterocycles. The van der Waals surface area contributed by atoms with Crippen molar-refractivity contribution >= 4 is 23.5 Å². The maximum atomic E-state index is 12.4. The third-order valence-corrected chi connectivity index (χ3v) is 5.47. The zero-order valence-corrected chi connectivity index (χ0v) is 17.5. The molecule has 7 nitrogen and oxygen atoms in total. The van der Waals surface area contributed by atoms with Gasteiger partial charge in [0.2, 0.25) is 0 Å². The Kier molecular flexibility index (Phi) is 6.99. The van der Waals surface area contributed by atoms with Crippen LogP contribution in [0.25, 0.3) is 0 Å². The first-order chi connectivity index (χ1) is 14.5. The van der Waals surface area contributed by atoms with Crippen molar-refractivity contribution in [2.45, 2.75) is 31.6 Å². The molecule has 0 aliphatic rings. The molecule has 1 N–H and O–H groups in total. The number of nitrogens with one attached hydrogen (secondary N) is 1. The van der Waals surface area contributed by atoms with Crippen LogP contribution in [0.15, 0.2) is 59.8 Å². The largest absolute Gasteiger partial charge is 0.342 e. The van der Waals surface area contributed by atoms with Gasteiger partial charge >= 0.3 is 0 Å². The molecule has 1 atom stereocenters. The van der Waals surface area contributed by atoms with Crippen LogP contribution < -0.4 is 5.32 Å². The molecule has 0 spiro atoms. The summed E-state index contributed by atoms with van der Waals surface area (Å²) >= 11 is 1.30. The summed E-state index contributed by atoms with van der Waals surface area (Å²) in [5.41, 5.74) is 1.64. The molecule has 30 heavy (non-hydrogen) atoms. The number of nitriles is 1. The van der Waals surface area contributed by atoms with Gasteiger partial charge in [0.25, 0.3) is 5.91 Å². The summed E-state index contributed by atoms with van der Waals surface area (Å²) in [6.07, 6.45) is 0. The second-order valence-electron chi connectivity index (χ2n) is 6.55. The van der Waals surface area contributed by atoms with E-state index in [4.69, 9.17) is 5.26 Å². The predicted molar refractivity (Wildman–Crippen MR) is 114 cm³/mol. The molecule has 3 rings (SSSR count). The molecule has 1 aromatic heterocycles. The first kappa shape index (κ1) is 21.3. The van der Waals surface area contributed by atoms with Crippen LogP contribution in [-0.4, -0.2) is 32.2 Å². The third-order valence-electron chi connectivity index (χ3n) is 4.50. The average Bonchev–Trinajstić information content (AvgIpc) is 3.21. The van der Waals surface area contributed by atoms with Crippen LogP contribution >= 0.6 is 11.8 Å². The first-order valence-electron chi connectivity index (χ1n) is 9.48. The second-order valence-corrected chi connectivity index (χ2v) is 7.49. The van der Waals surface area contributed by atoms with Crippen molar-refractivity contribution in [3.8, 4) is 6.07 Å². The van der Waals surface area contributed by atoms with Crippen LogP contribution in [0.1, 0.15) is 52.0 Å². The highest BCUT2D eigenvalue weighted by molar-refractivity contribution is 7.99. The van der Waals surface area contributed by atoms with E-state index >= 15 is 0 Å². The fraction of sp³-hybridized carbons (Fsp3) is 0.227. The minimum atomic E-state index is -0.339. The molecule has 0 saturated heterocycles. The summed E-state index contributed by atoms with van der Waals surface area (Å²) in [5.74, 6) is 0.602. The summed E-state index contributed by atoms with van der Waals surface area (Å²) < 4.78 is 1.90. The molecule has 2 aromatic carbocycles. The topological polar surface area (TPSA) is 101 Å². The summed E-state index contributed by atoms with van der Waals surface area (Å²) in [5, 5.41) is 20.9. The highest BCUT2D eigenvalue weighted by atomic mass is 32.2. The van der Waals surface area contributed by atoms with E-state index in [1.54, 1.807) is 36.4 Å². The quantitative estimate of drug-likeness (QED) is 0.442. The molecule has 8 heteroatoms. The fourth-order valence-corrected chi connectivity index (χ4v) is 3.81. The highest BCUT2D eigenvalue weighted by Gasteiger charge is 2.20. The molecule has 3 aromatic rings. The normalized spacial score (nSPS) is 11.5. The van der Waals surface area contributed by atoms with E-state index in [0.29, 0.717) is 34.2 Å². The standard InChI is InChI=1S/C22H21N5O2S/c1-3-27-20(15(2)24-21(29)18-7-5-4-6-8-18)25-26-22(27)30-14-19(28)17-11-9-16(13-23)10-12-17/h4-12,15H,3,14H2,1-2H3,(H,24,29)/t15-/m0/s1. The van der Waals surface area contributed by atoms with E-state index < -0.39 is 0 Å². The number of hydrogen-bond acceptors (Lipinski definition) is 6. The lowest BCUT2D eigenvalue weighted by Gasteiger charge is -2.15. The van der Waals surface area contributed by atoms with Gasteiger partial charge in [0.15, 0.2) is 16.8 Å². The number of aromatic nitrogens is 3. The number of carbonyl (C=O) groups is 2. The Morgan fingerprint density at radius 1 is 1.10 bits per heavy atom. The predicted octanol–water partition coefficient (Wildman–Crippen LogP) is 3.64. The van der Waals surface area contributed by atoms with Gasteiger partial charge in [0.1, 0.15) is 0 Å². The van der Waals surface area contributed by atoms with Crippen LogP contribution in [-0.2, 0) is 6.54 Å². The molecule has 1 heterocycles. The molecule has 0 radical (unpaired) electrons. The van der Waals surface area contributed by atoms with Gasteiger partial charge in [-0.3, -0.25) is 9.59 Å². The van der Waals surface area contributed by atoms with Crippen molar-refractivity contribution in [1.29, 1.82) is 5.26 Å². The van der Waals surface area contributed by atoms with Gasteiger partial charge in [-0.1, -0.05) is 42.1 Å². The number of hydrogen-bond donors (Lipinski definition) is 1. The van der Waals surface area contributed by atoms with Gasteiger partial charge in [-0.15, -0.1) is 10.2 Å². The van der Waals surface area contributed by atoms with Crippen molar-refractivity contribution in [3.05, 3.63) is 77.1 Å². The molecule has 0 unspecified atom stereocenters. The van der Waals surface area contributed by atoms with E-state index in [-0.39, 0.29) is 23.5 Å². The zero-order valence-electron chi connectivity index (χ0n) is 16.7. The zero-order chi connectivity index (χ0) is 21.5. The molecule has 152 valence electrons. The van der Waals surface area contributed by atoms with Gasteiger partial charge in [-0.05, 0) is 38.1 Å². The van der Waals surface area contributed by atoms with Gasteiger partial charge < -0.3 is 9.88 Å². The number of carbonyl (C=O) groups excluding carboxylic acids is 2. The van der Waals surface area contributed by atoms with Crippen LogP contribution in [0.2, 0.25) is 0 Å². The third kappa shape index (κ3) is 4.93. The van der Waals surface area contributed by atoms with Gasteiger partial charge in [0, 0.05) is 17.7 Å². The summed E-state index contributed by atoms with van der Waals surface area (Å²) in [6, 6.07) is 17.2. The number of nitrogens with zero attached hydrogens (tertiary/aromatic N) is 4. The van der Waals surface area contributed by atoms with Crippen molar-refractivity contribution in [2.75, 3.05) is 5.75 Å². The number of amides is 1. The molecule has 0 fully saturated rings. The lowest BCUT2D eigenvalue weighted by atomic mass is 10.1. The molecular weight excluding hydrogens is 398 g/mol.